The second-order valence-corrected chi connectivity index (χ2v) is 7.68. The fraction of sp³-hybridized carbons (Fsp3) is 0.417. The van der Waals surface area contributed by atoms with E-state index in [0.29, 0.717) is 36.7 Å². The van der Waals surface area contributed by atoms with Crippen LogP contribution in [0.1, 0.15) is 43.0 Å². The van der Waals surface area contributed by atoms with Crippen LogP contribution in [-0.2, 0) is 4.74 Å². The van der Waals surface area contributed by atoms with Crippen LogP contribution < -0.4 is 20.9 Å². The number of carbonyl (C=O) groups is 2. The van der Waals surface area contributed by atoms with Crippen LogP contribution in [0.3, 0.4) is 0 Å². The molecule has 32 heavy (non-hydrogen) atoms. The predicted octanol–water partition coefficient (Wildman–Crippen LogP) is 4.62. The molecule has 3 rings (SSSR count). The highest BCUT2D eigenvalue weighted by Gasteiger charge is 2.19. The summed E-state index contributed by atoms with van der Waals surface area (Å²) in [6, 6.07) is 10.5. The zero-order valence-electron chi connectivity index (χ0n) is 18.5. The van der Waals surface area contributed by atoms with E-state index in [1.807, 2.05) is 13.0 Å². The third-order valence-corrected chi connectivity index (χ3v) is 5.23. The monoisotopic (exact) mass is 442 g/mol. The van der Waals surface area contributed by atoms with E-state index in [-0.39, 0.29) is 5.91 Å². The molecule has 8 heteroatoms. The SMILES string of the molecule is CCOCCCNC(=O)c1cc(NC(=O)Nc2cccc(F)c2)ccc1N1CCCCC1. The fourth-order valence-corrected chi connectivity index (χ4v) is 3.68. The number of piperidine rings is 1. The number of hydrogen-bond acceptors (Lipinski definition) is 4. The molecule has 3 amide bonds. The van der Waals surface area contributed by atoms with Crippen LogP contribution in [-0.4, -0.2) is 44.8 Å². The van der Waals surface area contributed by atoms with Crippen LogP contribution in [0.4, 0.5) is 26.2 Å². The zero-order valence-corrected chi connectivity index (χ0v) is 18.5. The number of amides is 3. The third-order valence-electron chi connectivity index (χ3n) is 5.23. The van der Waals surface area contributed by atoms with E-state index in [4.69, 9.17) is 4.74 Å². The molecule has 2 aromatic rings. The second kappa shape index (κ2) is 12.0. The van der Waals surface area contributed by atoms with Crippen LogP contribution >= 0.6 is 0 Å². The van der Waals surface area contributed by atoms with Crippen molar-refractivity contribution in [1.82, 2.24) is 5.32 Å². The maximum atomic E-state index is 13.3. The molecule has 1 heterocycles. The summed E-state index contributed by atoms with van der Waals surface area (Å²) in [5.74, 6) is -0.617. The Labute approximate surface area is 188 Å². The van der Waals surface area contributed by atoms with Crippen molar-refractivity contribution in [3.63, 3.8) is 0 Å². The minimum absolute atomic E-state index is 0.184. The standard InChI is InChI=1S/C24H31FN4O3/c1-2-32-15-7-12-26-23(30)21-17-20(10-11-22(21)29-13-4-3-5-14-29)28-24(31)27-19-9-6-8-18(25)16-19/h6,8-11,16-17H,2-5,7,12-15H2,1H3,(H,26,30)(H2,27,28,31). The first kappa shape index (κ1) is 23.5. The number of urea groups is 1. The molecular weight excluding hydrogens is 411 g/mol. The van der Waals surface area contributed by atoms with Crippen molar-refractivity contribution >= 4 is 29.0 Å². The Morgan fingerprint density at radius 3 is 2.50 bits per heavy atom. The summed E-state index contributed by atoms with van der Waals surface area (Å²) in [5.41, 5.74) is 2.22. The lowest BCUT2D eigenvalue weighted by Gasteiger charge is -2.30. The summed E-state index contributed by atoms with van der Waals surface area (Å²) < 4.78 is 18.7. The van der Waals surface area contributed by atoms with E-state index in [1.54, 1.807) is 18.2 Å². The highest BCUT2D eigenvalue weighted by Crippen LogP contribution is 2.27. The van der Waals surface area contributed by atoms with Crippen LogP contribution in [0, 0.1) is 5.82 Å². The molecule has 7 nitrogen and oxygen atoms in total. The van der Waals surface area contributed by atoms with Gasteiger partial charge in [0, 0.05) is 49.9 Å². The Hall–Kier alpha value is -3.13. The van der Waals surface area contributed by atoms with Crippen LogP contribution in [0.15, 0.2) is 42.5 Å². The molecule has 1 fully saturated rings. The van der Waals surface area contributed by atoms with Crippen molar-refractivity contribution in [2.45, 2.75) is 32.6 Å². The molecule has 0 radical (unpaired) electrons. The maximum absolute atomic E-state index is 13.3. The summed E-state index contributed by atoms with van der Waals surface area (Å²) in [6.45, 7) is 5.49. The normalized spacial score (nSPS) is 13.5. The van der Waals surface area contributed by atoms with E-state index in [1.165, 1.54) is 24.6 Å². The molecule has 1 saturated heterocycles. The van der Waals surface area contributed by atoms with E-state index >= 15 is 0 Å². The largest absolute Gasteiger partial charge is 0.382 e. The average Bonchev–Trinajstić information content (AvgIpc) is 2.79. The maximum Gasteiger partial charge on any atom is 0.323 e. The van der Waals surface area contributed by atoms with Crippen molar-refractivity contribution in [3.05, 3.63) is 53.8 Å². The van der Waals surface area contributed by atoms with Crippen molar-refractivity contribution < 1.29 is 18.7 Å². The van der Waals surface area contributed by atoms with Crippen LogP contribution in [0.5, 0.6) is 0 Å². The summed E-state index contributed by atoms with van der Waals surface area (Å²) in [6.07, 6.45) is 4.10. The first-order valence-corrected chi connectivity index (χ1v) is 11.2. The van der Waals surface area contributed by atoms with E-state index < -0.39 is 11.8 Å². The van der Waals surface area contributed by atoms with Gasteiger partial charge in [-0.15, -0.1) is 0 Å². The minimum atomic E-state index is -0.510. The fourth-order valence-electron chi connectivity index (χ4n) is 3.68. The molecule has 1 aliphatic rings. The van der Waals surface area contributed by atoms with Gasteiger partial charge >= 0.3 is 6.03 Å². The van der Waals surface area contributed by atoms with Gasteiger partial charge < -0.3 is 25.6 Å². The van der Waals surface area contributed by atoms with Gasteiger partial charge in [0.15, 0.2) is 0 Å². The molecule has 172 valence electrons. The van der Waals surface area contributed by atoms with Gasteiger partial charge in [0.05, 0.1) is 5.56 Å². The summed E-state index contributed by atoms with van der Waals surface area (Å²) >= 11 is 0. The molecule has 0 saturated carbocycles. The van der Waals surface area contributed by atoms with Gasteiger partial charge in [-0.2, -0.15) is 0 Å². The number of anilines is 3. The Morgan fingerprint density at radius 1 is 1.03 bits per heavy atom. The van der Waals surface area contributed by atoms with Gasteiger partial charge in [0.2, 0.25) is 0 Å². The molecule has 2 aromatic carbocycles. The van der Waals surface area contributed by atoms with Crippen molar-refractivity contribution in [3.8, 4) is 0 Å². The molecule has 0 aliphatic carbocycles. The Morgan fingerprint density at radius 2 is 1.78 bits per heavy atom. The number of benzene rings is 2. The number of ether oxygens (including phenoxy) is 1. The predicted molar refractivity (Wildman–Crippen MR) is 125 cm³/mol. The molecule has 0 unspecified atom stereocenters. The smallest absolute Gasteiger partial charge is 0.323 e. The number of halogens is 1. The highest BCUT2D eigenvalue weighted by molar-refractivity contribution is 6.04. The zero-order chi connectivity index (χ0) is 22.8. The summed E-state index contributed by atoms with van der Waals surface area (Å²) in [5, 5.41) is 8.27. The van der Waals surface area contributed by atoms with E-state index in [9.17, 15) is 14.0 Å². The average molecular weight is 443 g/mol. The van der Waals surface area contributed by atoms with E-state index in [2.05, 4.69) is 20.9 Å². The molecule has 0 bridgehead atoms. The summed E-state index contributed by atoms with van der Waals surface area (Å²) in [4.78, 5) is 27.5. The lowest BCUT2D eigenvalue weighted by atomic mass is 10.1. The topological polar surface area (TPSA) is 82.7 Å². The lowest BCUT2D eigenvalue weighted by molar-refractivity contribution is 0.0944. The van der Waals surface area contributed by atoms with Crippen LogP contribution in [0.2, 0.25) is 0 Å². The Bertz CT molecular complexity index is 916. The number of carbonyl (C=O) groups excluding carboxylic acids is 2. The Kier molecular flexibility index (Phi) is 8.86. The molecule has 0 spiro atoms. The first-order chi connectivity index (χ1) is 15.6. The molecule has 0 aromatic heterocycles. The van der Waals surface area contributed by atoms with E-state index in [0.717, 1.165) is 38.0 Å². The highest BCUT2D eigenvalue weighted by atomic mass is 19.1. The minimum Gasteiger partial charge on any atom is -0.382 e. The van der Waals surface area contributed by atoms with Gasteiger partial charge in [-0.1, -0.05) is 6.07 Å². The number of nitrogens with one attached hydrogen (secondary N) is 3. The quantitative estimate of drug-likeness (QED) is 0.495. The van der Waals surface area contributed by atoms with Crippen molar-refractivity contribution in [2.24, 2.45) is 0 Å². The van der Waals surface area contributed by atoms with Crippen molar-refractivity contribution in [2.75, 3.05) is 48.4 Å². The van der Waals surface area contributed by atoms with Gasteiger partial charge in [-0.25, -0.2) is 9.18 Å². The molecular formula is C24H31FN4O3. The van der Waals surface area contributed by atoms with Crippen LogP contribution in [0.25, 0.3) is 0 Å². The first-order valence-electron chi connectivity index (χ1n) is 11.2. The Balaban J connectivity index is 1.71. The van der Waals surface area contributed by atoms with Gasteiger partial charge in [0.1, 0.15) is 5.82 Å². The van der Waals surface area contributed by atoms with Gasteiger partial charge in [-0.05, 0) is 69.0 Å². The number of hydrogen-bond donors (Lipinski definition) is 3. The molecule has 3 N–H and O–H groups in total. The van der Waals surface area contributed by atoms with Gasteiger partial charge in [-0.3, -0.25) is 4.79 Å². The second-order valence-electron chi connectivity index (χ2n) is 7.68. The lowest BCUT2D eigenvalue weighted by Crippen LogP contribution is -2.33. The number of rotatable bonds is 9. The third kappa shape index (κ3) is 6.95. The number of nitrogens with zero attached hydrogens (tertiary/aromatic N) is 1. The van der Waals surface area contributed by atoms with Gasteiger partial charge in [0.25, 0.3) is 5.91 Å². The molecule has 1 aliphatic heterocycles. The van der Waals surface area contributed by atoms with Crippen molar-refractivity contribution in [1.29, 1.82) is 0 Å². The summed E-state index contributed by atoms with van der Waals surface area (Å²) in [7, 11) is 0. The molecule has 0 atom stereocenters.